The second kappa shape index (κ2) is 7.20. The van der Waals surface area contributed by atoms with Crippen LogP contribution >= 0.6 is 0 Å². The van der Waals surface area contributed by atoms with Crippen molar-refractivity contribution in [1.82, 2.24) is 0 Å². The van der Waals surface area contributed by atoms with E-state index < -0.39 is 0 Å². The maximum Gasteiger partial charge on any atom is 0.0773 e. The smallest absolute Gasteiger partial charge is 0.0773 e. The number of fused-ring (bicyclic) bond motifs is 2. The highest BCUT2D eigenvalue weighted by atomic mass is 15.5. The predicted molar refractivity (Wildman–Crippen MR) is 140 cm³/mol. The SMILES string of the molecule is CCC1=NN(c2ccc(C)c(C)c2)c2c(C)c3cc(C)c(C)cc3c3c(C)c(C)cc1c23. The summed E-state index contributed by atoms with van der Waals surface area (Å²) < 4.78 is 0. The van der Waals surface area contributed by atoms with Crippen molar-refractivity contribution in [3.63, 3.8) is 0 Å². The molecular weight excluding hydrogens is 388 g/mol. The molecule has 0 bridgehead atoms. The molecular formula is C30H32N2. The number of nitrogens with zero attached hydrogens (tertiary/aromatic N) is 2. The fraction of sp³-hybridized carbons (Fsp3) is 0.300. The summed E-state index contributed by atoms with van der Waals surface area (Å²) in [5, 5.41) is 12.9. The Kier molecular flexibility index (Phi) is 4.67. The molecule has 0 unspecified atom stereocenters. The van der Waals surface area contributed by atoms with Crippen LogP contribution < -0.4 is 5.01 Å². The molecule has 0 aromatic heterocycles. The molecule has 0 spiro atoms. The number of hydrogen-bond donors (Lipinski definition) is 0. The molecule has 0 aliphatic carbocycles. The van der Waals surface area contributed by atoms with Gasteiger partial charge >= 0.3 is 0 Å². The number of benzene rings is 4. The van der Waals surface area contributed by atoms with E-state index in [0.29, 0.717) is 0 Å². The molecule has 2 nitrogen and oxygen atoms in total. The van der Waals surface area contributed by atoms with Crippen molar-refractivity contribution in [2.24, 2.45) is 5.10 Å². The van der Waals surface area contributed by atoms with Gasteiger partial charge in [0.05, 0.1) is 17.1 Å². The van der Waals surface area contributed by atoms with Gasteiger partial charge in [-0.2, -0.15) is 5.10 Å². The van der Waals surface area contributed by atoms with Crippen molar-refractivity contribution >= 4 is 38.6 Å². The summed E-state index contributed by atoms with van der Waals surface area (Å²) in [5.41, 5.74) is 14.1. The van der Waals surface area contributed by atoms with Gasteiger partial charge in [0, 0.05) is 10.9 Å². The highest BCUT2D eigenvalue weighted by Crippen LogP contribution is 2.47. The first-order valence-corrected chi connectivity index (χ1v) is 11.7. The average molecular weight is 421 g/mol. The third kappa shape index (κ3) is 2.82. The normalized spacial score (nSPS) is 13.2. The van der Waals surface area contributed by atoms with E-state index in [9.17, 15) is 0 Å². The van der Waals surface area contributed by atoms with Crippen LogP contribution in [0, 0.1) is 48.5 Å². The van der Waals surface area contributed by atoms with Crippen molar-refractivity contribution < 1.29 is 0 Å². The van der Waals surface area contributed by atoms with E-state index in [1.54, 1.807) is 0 Å². The van der Waals surface area contributed by atoms with Crippen molar-refractivity contribution in [2.45, 2.75) is 61.8 Å². The second-order valence-corrected chi connectivity index (χ2v) is 9.55. The molecule has 0 radical (unpaired) electrons. The maximum atomic E-state index is 5.24. The minimum atomic E-state index is 0.905. The molecule has 1 aliphatic heterocycles. The fourth-order valence-corrected chi connectivity index (χ4v) is 5.17. The third-order valence-electron chi connectivity index (χ3n) is 7.56. The van der Waals surface area contributed by atoms with Crippen LogP contribution in [0.5, 0.6) is 0 Å². The lowest BCUT2D eigenvalue weighted by Crippen LogP contribution is -2.21. The lowest BCUT2D eigenvalue weighted by Gasteiger charge is -2.32. The quantitative estimate of drug-likeness (QED) is 0.297. The Balaban J connectivity index is 2.01. The van der Waals surface area contributed by atoms with E-state index in [0.717, 1.165) is 17.8 Å². The van der Waals surface area contributed by atoms with Gasteiger partial charge in [0.2, 0.25) is 0 Å². The summed E-state index contributed by atoms with van der Waals surface area (Å²) in [6.07, 6.45) is 0.905. The van der Waals surface area contributed by atoms with Gasteiger partial charge in [-0.1, -0.05) is 25.1 Å². The van der Waals surface area contributed by atoms with Crippen LogP contribution in [0.3, 0.4) is 0 Å². The zero-order valence-electron chi connectivity index (χ0n) is 20.6. The van der Waals surface area contributed by atoms with E-state index >= 15 is 0 Å². The lowest BCUT2D eigenvalue weighted by molar-refractivity contribution is 1.05. The van der Waals surface area contributed by atoms with E-state index in [4.69, 9.17) is 5.10 Å². The number of hydrogen-bond acceptors (Lipinski definition) is 2. The molecule has 32 heavy (non-hydrogen) atoms. The molecule has 0 amide bonds. The number of rotatable bonds is 2. The molecule has 0 N–H and O–H groups in total. The van der Waals surface area contributed by atoms with Crippen molar-refractivity contribution in [3.8, 4) is 0 Å². The topological polar surface area (TPSA) is 15.6 Å². The van der Waals surface area contributed by atoms with Crippen LogP contribution in [-0.4, -0.2) is 5.71 Å². The molecule has 5 rings (SSSR count). The zero-order valence-corrected chi connectivity index (χ0v) is 20.6. The Bertz CT molecular complexity index is 1470. The van der Waals surface area contributed by atoms with Crippen LogP contribution in [0.1, 0.15) is 57.9 Å². The Hall–Kier alpha value is -3.13. The largest absolute Gasteiger partial charge is 0.233 e. The second-order valence-electron chi connectivity index (χ2n) is 9.55. The standard InChI is InChI=1S/C30H32N2/c1-9-27-26-15-20(6)21(7)28-25-14-19(5)18(4)13-24(25)22(8)30(29(26)28)32(31-27)23-11-10-16(2)17(3)12-23/h10-15H,9H2,1-8H3. The van der Waals surface area contributed by atoms with Crippen molar-refractivity contribution in [3.05, 3.63) is 80.9 Å². The molecule has 0 atom stereocenters. The zero-order chi connectivity index (χ0) is 22.9. The van der Waals surface area contributed by atoms with Gasteiger partial charge in [-0.15, -0.1) is 0 Å². The Morgan fingerprint density at radius 1 is 0.656 bits per heavy atom. The Morgan fingerprint density at radius 3 is 1.97 bits per heavy atom. The van der Waals surface area contributed by atoms with Crippen LogP contribution in [0.15, 0.2) is 41.5 Å². The first-order valence-electron chi connectivity index (χ1n) is 11.7. The summed E-state index contributed by atoms with van der Waals surface area (Å²) in [6.45, 7) is 17.8. The Morgan fingerprint density at radius 2 is 1.31 bits per heavy atom. The number of hydrazone groups is 1. The summed E-state index contributed by atoms with van der Waals surface area (Å²) in [7, 11) is 0. The molecule has 4 aromatic rings. The van der Waals surface area contributed by atoms with Gasteiger partial charge in [-0.05, 0) is 128 Å². The first kappa shape index (κ1) is 20.8. The van der Waals surface area contributed by atoms with E-state index in [2.05, 4.69) is 96.8 Å². The van der Waals surface area contributed by atoms with Crippen molar-refractivity contribution in [1.29, 1.82) is 0 Å². The third-order valence-corrected chi connectivity index (χ3v) is 7.56. The van der Waals surface area contributed by atoms with Gasteiger partial charge < -0.3 is 0 Å². The molecule has 0 saturated heterocycles. The summed E-state index contributed by atoms with van der Waals surface area (Å²) in [4.78, 5) is 0. The first-order chi connectivity index (χ1) is 15.2. The van der Waals surface area contributed by atoms with E-state index in [-0.39, 0.29) is 0 Å². The lowest BCUT2D eigenvalue weighted by atomic mass is 9.84. The molecule has 2 heteroatoms. The summed E-state index contributed by atoms with van der Waals surface area (Å²) >= 11 is 0. The monoisotopic (exact) mass is 420 g/mol. The molecule has 4 aromatic carbocycles. The van der Waals surface area contributed by atoms with Crippen LogP contribution in [0.25, 0.3) is 21.5 Å². The molecule has 0 fully saturated rings. The van der Waals surface area contributed by atoms with Gasteiger partial charge in [-0.25, -0.2) is 5.01 Å². The van der Waals surface area contributed by atoms with Crippen LogP contribution in [-0.2, 0) is 0 Å². The minimum absolute atomic E-state index is 0.905. The molecule has 162 valence electrons. The summed E-state index contributed by atoms with van der Waals surface area (Å²) in [6, 6.07) is 13.8. The summed E-state index contributed by atoms with van der Waals surface area (Å²) in [5.74, 6) is 0. The van der Waals surface area contributed by atoms with Gasteiger partial charge in [0.1, 0.15) is 0 Å². The molecule has 0 saturated carbocycles. The number of anilines is 2. The fourth-order valence-electron chi connectivity index (χ4n) is 5.17. The molecule has 1 heterocycles. The number of aryl methyl sites for hydroxylation is 7. The van der Waals surface area contributed by atoms with Gasteiger partial charge in [0.25, 0.3) is 0 Å². The van der Waals surface area contributed by atoms with Crippen LogP contribution in [0.2, 0.25) is 0 Å². The molecule has 1 aliphatic rings. The van der Waals surface area contributed by atoms with Gasteiger partial charge in [-0.3, -0.25) is 0 Å². The van der Waals surface area contributed by atoms with Crippen LogP contribution in [0.4, 0.5) is 11.4 Å². The van der Waals surface area contributed by atoms with Gasteiger partial charge in [0.15, 0.2) is 0 Å². The minimum Gasteiger partial charge on any atom is -0.233 e. The van der Waals surface area contributed by atoms with E-state index in [1.165, 1.54) is 71.7 Å². The van der Waals surface area contributed by atoms with E-state index in [1.807, 2.05) is 0 Å². The average Bonchev–Trinajstić information content (AvgIpc) is 2.76. The highest BCUT2D eigenvalue weighted by Gasteiger charge is 2.28. The van der Waals surface area contributed by atoms with Crippen molar-refractivity contribution in [2.75, 3.05) is 5.01 Å². The predicted octanol–water partition coefficient (Wildman–Crippen LogP) is 8.42. The maximum absolute atomic E-state index is 5.24. The Labute approximate surface area is 191 Å². The highest BCUT2D eigenvalue weighted by molar-refractivity contribution is 6.26.